The van der Waals surface area contributed by atoms with Crippen molar-refractivity contribution in [2.24, 2.45) is 0 Å². The van der Waals surface area contributed by atoms with Crippen molar-refractivity contribution in [3.05, 3.63) is 28.8 Å². The van der Waals surface area contributed by atoms with Gasteiger partial charge in [0.25, 0.3) is 5.91 Å². The van der Waals surface area contributed by atoms with Gasteiger partial charge in [-0.15, -0.1) is 0 Å². The Kier molecular flexibility index (Phi) is 8.77. The number of urea groups is 1. The maximum Gasteiger partial charge on any atom is 0.347 e. The molecule has 1 aromatic carbocycles. The first-order chi connectivity index (χ1) is 11.8. The van der Waals surface area contributed by atoms with E-state index < -0.39 is 30.6 Å². The van der Waals surface area contributed by atoms with Crippen molar-refractivity contribution in [1.29, 1.82) is 0 Å². The summed E-state index contributed by atoms with van der Waals surface area (Å²) in [5.74, 6) is -0.929. The minimum absolute atomic E-state index is 0.473. The molecular formula is C17H23ClN2O5. The van der Waals surface area contributed by atoms with Crippen LogP contribution in [0.5, 0.6) is 5.75 Å². The zero-order valence-electron chi connectivity index (χ0n) is 14.6. The highest BCUT2D eigenvalue weighted by molar-refractivity contribution is 6.30. The molecule has 0 aliphatic rings. The summed E-state index contributed by atoms with van der Waals surface area (Å²) in [4.78, 5) is 34.8. The number of ether oxygens (including phenoxy) is 2. The largest absolute Gasteiger partial charge is 0.479 e. The minimum atomic E-state index is -0.911. The minimum Gasteiger partial charge on any atom is -0.479 e. The van der Waals surface area contributed by atoms with Crippen molar-refractivity contribution >= 4 is 29.5 Å². The molecule has 0 saturated heterocycles. The molecule has 25 heavy (non-hydrogen) atoms. The number of nitrogens with one attached hydrogen (secondary N) is 2. The van der Waals surface area contributed by atoms with Crippen molar-refractivity contribution in [2.75, 3.05) is 13.2 Å². The summed E-state index contributed by atoms with van der Waals surface area (Å²) in [6.07, 6.45) is 0.831. The van der Waals surface area contributed by atoms with Gasteiger partial charge in [0, 0.05) is 11.6 Å². The second-order valence-electron chi connectivity index (χ2n) is 5.44. The first-order valence-electron chi connectivity index (χ1n) is 8.00. The van der Waals surface area contributed by atoms with E-state index in [0.717, 1.165) is 18.4 Å². The number of amides is 3. The summed E-state index contributed by atoms with van der Waals surface area (Å²) >= 11 is 5.86. The number of carbonyl (C=O) groups excluding carboxylic acids is 3. The summed E-state index contributed by atoms with van der Waals surface area (Å²) in [7, 11) is 0. The number of hydrogen-bond acceptors (Lipinski definition) is 5. The van der Waals surface area contributed by atoms with Crippen LogP contribution in [0.4, 0.5) is 4.79 Å². The normalized spacial score (nSPS) is 11.4. The van der Waals surface area contributed by atoms with Crippen LogP contribution in [0.2, 0.25) is 5.02 Å². The highest BCUT2D eigenvalue weighted by Gasteiger charge is 2.19. The van der Waals surface area contributed by atoms with E-state index in [1.54, 1.807) is 25.1 Å². The number of hydrogen-bond donors (Lipinski definition) is 2. The Morgan fingerprint density at radius 3 is 2.64 bits per heavy atom. The molecule has 7 nitrogen and oxygen atoms in total. The van der Waals surface area contributed by atoms with Gasteiger partial charge in [-0.2, -0.15) is 0 Å². The molecule has 0 bridgehead atoms. The molecule has 1 aromatic rings. The van der Waals surface area contributed by atoms with Crippen molar-refractivity contribution < 1.29 is 23.9 Å². The molecule has 2 N–H and O–H groups in total. The van der Waals surface area contributed by atoms with Crippen molar-refractivity contribution in [3.8, 4) is 5.75 Å². The van der Waals surface area contributed by atoms with Gasteiger partial charge in [-0.05, 0) is 44.0 Å². The van der Waals surface area contributed by atoms with Crippen LogP contribution < -0.4 is 15.4 Å². The zero-order valence-corrected chi connectivity index (χ0v) is 15.3. The number of halogens is 1. The second kappa shape index (κ2) is 10.6. The molecule has 1 rings (SSSR count). The molecule has 0 aliphatic carbocycles. The molecule has 1 atom stereocenters. The second-order valence-corrected chi connectivity index (χ2v) is 5.87. The molecule has 0 fully saturated rings. The highest BCUT2D eigenvalue weighted by atomic mass is 35.5. The van der Waals surface area contributed by atoms with Gasteiger partial charge < -0.3 is 14.8 Å². The molecule has 0 aliphatic heterocycles. The van der Waals surface area contributed by atoms with Gasteiger partial charge in [0.1, 0.15) is 5.75 Å². The van der Waals surface area contributed by atoms with E-state index in [1.165, 1.54) is 6.92 Å². The van der Waals surface area contributed by atoms with Gasteiger partial charge in [0.15, 0.2) is 12.7 Å². The van der Waals surface area contributed by atoms with Gasteiger partial charge >= 0.3 is 12.0 Å². The highest BCUT2D eigenvalue weighted by Crippen LogP contribution is 2.22. The van der Waals surface area contributed by atoms with Gasteiger partial charge in [0.05, 0.1) is 0 Å². The van der Waals surface area contributed by atoms with E-state index in [2.05, 4.69) is 10.6 Å². The topological polar surface area (TPSA) is 93.7 Å². The molecule has 0 heterocycles. The van der Waals surface area contributed by atoms with E-state index in [0.29, 0.717) is 17.3 Å². The van der Waals surface area contributed by atoms with Gasteiger partial charge in [-0.25, -0.2) is 9.59 Å². The Morgan fingerprint density at radius 1 is 1.28 bits per heavy atom. The van der Waals surface area contributed by atoms with E-state index in [-0.39, 0.29) is 0 Å². The summed E-state index contributed by atoms with van der Waals surface area (Å²) in [6, 6.07) is 4.39. The smallest absolute Gasteiger partial charge is 0.347 e. The molecule has 0 radical (unpaired) electrons. The first kappa shape index (κ1) is 20.8. The van der Waals surface area contributed by atoms with Crippen LogP contribution in [0.1, 0.15) is 32.3 Å². The maximum atomic E-state index is 11.9. The Bertz CT molecular complexity index is 621. The lowest BCUT2D eigenvalue weighted by Crippen LogP contribution is -2.42. The molecular weight excluding hydrogens is 348 g/mol. The third-order valence-electron chi connectivity index (χ3n) is 3.19. The molecule has 3 amide bonds. The van der Waals surface area contributed by atoms with Gasteiger partial charge in [-0.1, -0.05) is 24.9 Å². The summed E-state index contributed by atoms with van der Waals surface area (Å²) in [5.41, 5.74) is 0.772. The summed E-state index contributed by atoms with van der Waals surface area (Å²) < 4.78 is 10.3. The Hall–Kier alpha value is -2.28. The van der Waals surface area contributed by atoms with E-state index >= 15 is 0 Å². The average molecular weight is 371 g/mol. The lowest BCUT2D eigenvalue weighted by atomic mass is 10.2. The fraction of sp³-hybridized carbons (Fsp3) is 0.471. The van der Waals surface area contributed by atoms with Gasteiger partial charge in [-0.3, -0.25) is 10.1 Å². The molecule has 8 heteroatoms. The van der Waals surface area contributed by atoms with Crippen LogP contribution in [0, 0.1) is 6.92 Å². The zero-order chi connectivity index (χ0) is 18.8. The van der Waals surface area contributed by atoms with Crippen LogP contribution in [-0.4, -0.2) is 37.2 Å². The fourth-order valence-electron chi connectivity index (χ4n) is 1.82. The fourth-order valence-corrected chi connectivity index (χ4v) is 2.05. The van der Waals surface area contributed by atoms with Crippen molar-refractivity contribution in [2.45, 2.75) is 39.7 Å². The number of unbranched alkanes of at least 4 members (excludes halogenated alkanes) is 1. The van der Waals surface area contributed by atoms with Gasteiger partial charge in [0.2, 0.25) is 0 Å². The van der Waals surface area contributed by atoms with Crippen molar-refractivity contribution in [1.82, 2.24) is 10.6 Å². The average Bonchev–Trinajstić information content (AvgIpc) is 2.55. The molecule has 0 spiro atoms. The third-order valence-corrected chi connectivity index (χ3v) is 3.42. The first-order valence-corrected chi connectivity index (χ1v) is 8.38. The van der Waals surface area contributed by atoms with E-state index in [4.69, 9.17) is 21.1 Å². The van der Waals surface area contributed by atoms with Crippen LogP contribution >= 0.6 is 11.6 Å². The Morgan fingerprint density at radius 2 is 2.00 bits per heavy atom. The van der Waals surface area contributed by atoms with Crippen LogP contribution in [-0.2, 0) is 14.3 Å². The molecule has 0 saturated carbocycles. The van der Waals surface area contributed by atoms with Crippen LogP contribution in [0.15, 0.2) is 18.2 Å². The predicted octanol–water partition coefficient (Wildman–Crippen LogP) is 2.58. The monoisotopic (exact) mass is 370 g/mol. The Balaban J connectivity index is 2.37. The van der Waals surface area contributed by atoms with Crippen molar-refractivity contribution in [3.63, 3.8) is 0 Å². The quantitative estimate of drug-likeness (QED) is 0.542. The number of carbonyl (C=O) groups is 3. The van der Waals surface area contributed by atoms with E-state index in [1.807, 2.05) is 6.92 Å². The SMILES string of the molecule is CCCCNC(=O)NC(=O)COC(=O)C(C)Oc1ccc(Cl)cc1C. The number of benzene rings is 1. The summed E-state index contributed by atoms with van der Waals surface area (Å²) in [5, 5.41) is 5.16. The van der Waals surface area contributed by atoms with Crippen LogP contribution in [0.3, 0.4) is 0 Å². The standard InChI is InChI=1S/C17H23ClN2O5/c1-4-5-8-19-17(23)20-15(21)10-24-16(22)12(3)25-14-7-6-13(18)9-11(14)2/h6-7,9,12H,4-5,8,10H2,1-3H3,(H2,19,20,21,23). The molecule has 138 valence electrons. The van der Waals surface area contributed by atoms with E-state index in [9.17, 15) is 14.4 Å². The maximum absolute atomic E-state index is 11.9. The lowest BCUT2D eigenvalue weighted by Gasteiger charge is -2.15. The number of imide groups is 1. The Labute approximate surface area is 152 Å². The number of rotatable bonds is 8. The number of aryl methyl sites for hydroxylation is 1. The molecule has 0 aromatic heterocycles. The lowest BCUT2D eigenvalue weighted by molar-refractivity contribution is -0.154. The molecule has 1 unspecified atom stereocenters. The van der Waals surface area contributed by atoms with Crippen LogP contribution in [0.25, 0.3) is 0 Å². The third kappa shape index (κ3) is 7.89. The summed E-state index contributed by atoms with van der Waals surface area (Å²) in [6.45, 7) is 5.20. The predicted molar refractivity (Wildman–Crippen MR) is 93.7 cm³/mol. The number of esters is 1.